The molecule has 3 heterocycles. The molecule has 0 aliphatic carbocycles. The number of benzene rings is 1. The van der Waals surface area contributed by atoms with Gasteiger partial charge in [-0.15, -0.1) is 0 Å². The second kappa shape index (κ2) is 8.36. The molecule has 2 aromatic heterocycles. The van der Waals surface area contributed by atoms with Gasteiger partial charge in [0.25, 0.3) is 5.91 Å². The molecule has 4 N–H and O–H groups in total. The highest BCUT2D eigenvalue weighted by Crippen LogP contribution is 2.30. The van der Waals surface area contributed by atoms with Crippen molar-refractivity contribution < 1.29 is 31.9 Å². The maximum absolute atomic E-state index is 13.5. The van der Waals surface area contributed by atoms with Gasteiger partial charge in [-0.05, 0) is 24.6 Å². The second-order valence-corrected chi connectivity index (χ2v) is 7.41. The van der Waals surface area contributed by atoms with Gasteiger partial charge in [0.05, 0.1) is 16.8 Å². The molecular weight excluding hydrogens is 437 g/mol. The molecule has 1 aliphatic heterocycles. The van der Waals surface area contributed by atoms with Crippen molar-refractivity contribution in [3.63, 3.8) is 0 Å². The van der Waals surface area contributed by atoms with Crippen LogP contribution in [0, 0.1) is 11.6 Å². The van der Waals surface area contributed by atoms with Crippen molar-refractivity contribution in [3.05, 3.63) is 53.9 Å². The van der Waals surface area contributed by atoms with E-state index in [0.717, 1.165) is 24.4 Å². The highest BCUT2D eigenvalue weighted by atomic mass is 19.4. The Hall–Kier alpha value is -3.25. The minimum atomic E-state index is -4.47. The number of aromatic amines is 1. The molecule has 0 bridgehead atoms. The highest BCUT2D eigenvalue weighted by Gasteiger charge is 2.32. The van der Waals surface area contributed by atoms with E-state index >= 15 is 0 Å². The quantitative estimate of drug-likeness (QED) is 0.351. The van der Waals surface area contributed by atoms with Gasteiger partial charge in [0.15, 0.2) is 17.9 Å². The molecule has 0 radical (unpaired) electrons. The molecule has 1 aliphatic rings. The molecule has 7 nitrogen and oxygen atoms in total. The van der Waals surface area contributed by atoms with Gasteiger partial charge in [-0.25, -0.2) is 13.8 Å². The summed E-state index contributed by atoms with van der Waals surface area (Å²) in [6.07, 6.45) is -3.44. The lowest BCUT2D eigenvalue weighted by atomic mass is 10.2. The van der Waals surface area contributed by atoms with Crippen molar-refractivity contribution in [2.24, 2.45) is 0 Å². The number of aromatic nitrogens is 2. The highest BCUT2D eigenvalue weighted by molar-refractivity contribution is 6.02. The fourth-order valence-corrected chi connectivity index (χ4v) is 3.57. The number of hydrogen-bond acceptors (Lipinski definition) is 5. The summed E-state index contributed by atoms with van der Waals surface area (Å²) >= 11 is 0. The van der Waals surface area contributed by atoms with Gasteiger partial charge in [0.2, 0.25) is 0 Å². The first-order valence-corrected chi connectivity index (χ1v) is 9.61. The number of hydrogen-bond donors (Lipinski definition) is 4. The molecule has 0 saturated carbocycles. The third-order valence-electron chi connectivity index (χ3n) is 5.21. The molecule has 170 valence electrons. The monoisotopic (exact) mass is 455 g/mol. The number of pyridine rings is 1. The van der Waals surface area contributed by atoms with E-state index in [9.17, 15) is 31.9 Å². The van der Waals surface area contributed by atoms with Gasteiger partial charge in [-0.1, -0.05) is 0 Å². The van der Waals surface area contributed by atoms with Crippen molar-refractivity contribution in [2.45, 2.75) is 24.9 Å². The number of anilines is 2. The normalized spacial score (nSPS) is 17.7. The van der Waals surface area contributed by atoms with Gasteiger partial charge >= 0.3 is 6.18 Å². The summed E-state index contributed by atoms with van der Waals surface area (Å²) in [5.74, 6) is -2.56. The van der Waals surface area contributed by atoms with Gasteiger partial charge in [-0.3, -0.25) is 10.1 Å². The largest absolute Gasteiger partial charge is 0.417 e. The van der Waals surface area contributed by atoms with Gasteiger partial charge in [-0.2, -0.15) is 13.2 Å². The van der Waals surface area contributed by atoms with Crippen LogP contribution in [0.2, 0.25) is 0 Å². The maximum Gasteiger partial charge on any atom is 0.417 e. The number of aliphatic hydroxyl groups excluding tert-OH is 1. The van der Waals surface area contributed by atoms with E-state index in [2.05, 4.69) is 20.6 Å². The van der Waals surface area contributed by atoms with Crippen LogP contribution in [0.3, 0.4) is 0 Å². The average molecular weight is 455 g/mol. The zero-order valence-electron chi connectivity index (χ0n) is 16.4. The molecule has 0 spiro atoms. The summed E-state index contributed by atoms with van der Waals surface area (Å²) in [6.45, 7) is 0.790. The van der Waals surface area contributed by atoms with Crippen molar-refractivity contribution in [3.8, 4) is 0 Å². The number of nitrogens with one attached hydrogen (secondary N) is 3. The van der Waals surface area contributed by atoms with Gasteiger partial charge in [0, 0.05) is 43.0 Å². The molecule has 12 heteroatoms. The molecular formula is C20H18F5N5O2. The first-order chi connectivity index (χ1) is 15.1. The molecule has 1 aromatic carbocycles. The lowest BCUT2D eigenvalue weighted by molar-refractivity contribution is -0.137. The second-order valence-electron chi connectivity index (χ2n) is 7.41. The van der Waals surface area contributed by atoms with Crippen LogP contribution in [-0.4, -0.2) is 46.3 Å². The number of H-pyrrole nitrogens is 1. The first-order valence-electron chi connectivity index (χ1n) is 9.61. The summed E-state index contributed by atoms with van der Waals surface area (Å²) < 4.78 is 64.8. The Labute approximate surface area is 178 Å². The number of nitrogens with zero attached hydrogens (tertiary/aromatic N) is 2. The molecule has 2 unspecified atom stereocenters. The van der Waals surface area contributed by atoms with Crippen LogP contribution >= 0.6 is 0 Å². The minimum Gasteiger partial charge on any atom is -0.370 e. The van der Waals surface area contributed by atoms with E-state index in [1.807, 2.05) is 0 Å². The molecule has 3 aromatic rings. The average Bonchev–Trinajstić information content (AvgIpc) is 3.35. The molecule has 1 saturated heterocycles. The Morgan fingerprint density at radius 3 is 2.69 bits per heavy atom. The molecule has 1 amide bonds. The topological polar surface area (TPSA) is 93.3 Å². The SMILES string of the molecule is O=C(Nc1c[nH]c2cc(F)c(F)cc12)C(O)NC1CCN(c2ccc(C(F)(F)F)cn2)C1. The lowest BCUT2D eigenvalue weighted by Gasteiger charge is -2.20. The van der Waals surface area contributed by atoms with Crippen molar-refractivity contribution in [1.29, 1.82) is 0 Å². The predicted molar refractivity (Wildman–Crippen MR) is 106 cm³/mol. The van der Waals surface area contributed by atoms with Crippen LogP contribution in [0.25, 0.3) is 10.9 Å². The van der Waals surface area contributed by atoms with Gasteiger partial charge in [0.1, 0.15) is 5.82 Å². The van der Waals surface area contributed by atoms with Crippen LogP contribution in [-0.2, 0) is 11.0 Å². The number of carbonyl (C=O) groups is 1. The Morgan fingerprint density at radius 2 is 2.00 bits per heavy atom. The van der Waals surface area contributed by atoms with E-state index < -0.39 is 35.5 Å². The summed E-state index contributed by atoms with van der Waals surface area (Å²) in [5.41, 5.74) is -0.397. The molecule has 4 rings (SSSR count). The summed E-state index contributed by atoms with van der Waals surface area (Å²) in [7, 11) is 0. The number of rotatable bonds is 5. The Bertz CT molecular complexity index is 1130. The molecule has 2 atom stereocenters. The van der Waals surface area contributed by atoms with E-state index in [1.54, 1.807) is 4.90 Å². The van der Waals surface area contributed by atoms with Gasteiger partial charge < -0.3 is 20.3 Å². The molecule has 1 fully saturated rings. The number of halogens is 5. The first kappa shape index (κ1) is 22.0. The van der Waals surface area contributed by atoms with E-state index in [4.69, 9.17) is 0 Å². The number of carbonyl (C=O) groups excluding carboxylic acids is 1. The zero-order chi connectivity index (χ0) is 23.0. The number of fused-ring (bicyclic) bond motifs is 1. The van der Waals surface area contributed by atoms with Crippen molar-refractivity contribution >= 4 is 28.3 Å². The van der Waals surface area contributed by atoms with Crippen LogP contribution < -0.4 is 15.5 Å². The predicted octanol–water partition coefficient (Wildman–Crippen LogP) is 2.99. The van der Waals surface area contributed by atoms with Crippen LogP contribution in [0.4, 0.5) is 33.5 Å². The van der Waals surface area contributed by atoms with Crippen molar-refractivity contribution in [2.75, 3.05) is 23.3 Å². The summed E-state index contributed by atoms with van der Waals surface area (Å²) in [6, 6.07) is 3.78. The smallest absolute Gasteiger partial charge is 0.370 e. The third kappa shape index (κ3) is 4.50. The van der Waals surface area contributed by atoms with E-state index in [-0.39, 0.29) is 22.6 Å². The summed E-state index contributed by atoms with van der Waals surface area (Å²) in [5, 5.41) is 15.6. The van der Waals surface area contributed by atoms with Crippen LogP contribution in [0.5, 0.6) is 0 Å². The van der Waals surface area contributed by atoms with Crippen molar-refractivity contribution in [1.82, 2.24) is 15.3 Å². The zero-order valence-corrected chi connectivity index (χ0v) is 16.4. The minimum absolute atomic E-state index is 0.173. The molecule has 32 heavy (non-hydrogen) atoms. The van der Waals surface area contributed by atoms with Crippen LogP contribution in [0.1, 0.15) is 12.0 Å². The van der Waals surface area contributed by atoms with Crippen LogP contribution in [0.15, 0.2) is 36.7 Å². The van der Waals surface area contributed by atoms with E-state index in [0.29, 0.717) is 25.3 Å². The Balaban J connectivity index is 1.35. The number of aliphatic hydroxyl groups is 1. The fraction of sp³-hybridized carbons (Fsp3) is 0.300. The third-order valence-corrected chi connectivity index (χ3v) is 5.21. The number of alkyl halides is 3. The van der Waals surface area contributed by atoms with E-state index in [1.165, 1.54) is 12.3 Å². The summed E-state index contributed by atoms with van der Waals surface area (Å²) in [4.78, 5) is 20.6. The Kier molecular flexibility index (Phi) is 5.73. The standard InChI is InChI=1S/C20H18F5N5O2/c21-13-5-12-15(6-14(13)22)26-8-16(12)29-19(32)18(31)28-11-3-4-30(9-11)17-2-1-10(7-27-17)20(23,24)25/h1-2,5-8,11,18,26,28,31H,3-4,9H2,(H,29,32). The maximum atomic E-state index is 13.5. The number of amides is 1. The fourth-order valence-electron chi connectivity index (χ4n) is 3.57. The Morgan fingerprint density at radius 1 is 1.25 bits per heavy atom. The lowest BCUT2D eigenvalue weighted by Crippen LogP contribution is -2.46.